The summed E-state index contributed by atoms with van der Waals surface area (Å²) < 4.78 is 46.9. The van der Waals surface area contributed by atoms with E-state index < -0.39 is 85.6 Å². The van der Waals surface area contributed by atoms with E-state index in [9.17, 15) is 33.5 Å². The van der Waals surface area contributed by atoms with Crippen LogP contribution in [0.1, 0.15) is 43.7 Å². The number of hydrogen-bond donors (Lipinski definition) is 2. The summed E-state index contributed by atoms with van der Waals surface area (Å²) in [5, 5.41) is 21.1. The van der Waals surface area contributed by atoms with Crippen LogP contribution in [0.5, 0.6) is 0 Å². The lowest BCUT2D eigenvalue weighted by atomic mass is 9.98. The fourth-order valence-electron chi connectivity index (χ4n) is 4.18. The first-order chi connectivity index (χ1) is 20.8. The molecule has 2 heterocycles. The van der Waals surface area contributed by atoms with Gasteiger partial charge in [-0.05, 0) is 24.3 Å². The Labute approximate surface area is 250 Å². The van der Waals surface area contributed by atoms with Crippen molar-refractivity contribution >= 4 is 29.8 Å². The predicted molar refractivity (Wildman–Crippen MR) is 142 cm³/mol. The van der Waals surface area contributed by atoms with E-state index in [1.807, 2.05) is 0 Å². The van der Waals surface area contributed by atoms with Gasteiger partial charge in [-0.3, -0.25) is 24.0 Å². The Balaban J connectivity index is 1.66. The molecule has 1 amide bonds. The van der Waals surface area contributed by atoms with Gasteiger partial charge in [0, 0.05) is 33.3 Å². The van der Waals surface area contributed by atoms with E-state index in [2.05, 4.69) is 15.6 Å². The highest BCUT2D eigenvalue weighted by Gasteiger charge is 2.52. The minimum atomic E-state index is -1.46. The average Bonchev–Trinajstić information content (AvgIpc) is 3.38. The second-order valence-electron chi connectivity index (χ2n) is 9.68. The lowest BCUT2D eigenvalue weighted by Crippen LogP contribution is -2.63. The van der Waals surface area contributed by atoms with E-state index in [1.165, 1.54) is 23.0 Å². The van der Waals surface area contributed by atoms with Gasteiger partial charge in [0.15, 0.2) is 24.6 Å². The summed E-state index contributed by atoms with van der Waals surface area (Å²) in [5.41, 5.74) is 0.627. The number of esters is 4. The molecular weight excluding hydrogens is 591 g/mol. The maximum atomic E-state index is 13.1. The van der Waals surface area contributed by atoms with Crippen LogP contribution >= 0.6 is 0 Å². The van der Waals surface area contributed by atoms with Gasteiger partial charge in [0.25, 0.3) is 5.91 Å². The highest BCUT2D eigenvalue weighted by Crippen LogP contribution is 2.30. The molecule has 1 aliphatic heterocycles. The second-order valence-corrected chi connectivity index (χ2v) is 9.68. The van der Waals surface area contributed by atoms with E-state index in [4.69, 9.17) is 28.4 Å². The summed E-state index contributed by atoms with van der Waals surface area (Å²) in [6.07, 6.45) is -6.61. The van der Waals surface area contributed by atoms with Gasteiger partial charge < -0.3 is 38.8 Å². The first kappa shape index (κ1) is 34.0. The van der Waals surface area contributed by atoms with E-state index >= 15 is 0 Å². The molecule has 1 fully saturated rings. The summed E-state index contributed by atoms with van der Waals surface area (Å²) >= 11 is 0. The fraction of sp³-hybridized carbons (Fsp3) is 0.519. The topological polar surface area (TPSA) is 204 Å². The van der Waals surface area contributed by atoms with Gasteiger partial charge in [-0.2, -0.15) is 0 Å². The molecule has 0 bridgehead atoms. The number of carbonyl (C=O) groups excluding carboxylic acids is 5. The van der Waals surface area contributed by atoms with Crippen LogP contribution < -0.4 is 5.32 Å². The number of hydrogen-bond acceptors (Lipinski definition) is 14. The van der Waals surface area contributed by atoms with Gasteiger partial charge in [0.2, 0.25) is 0 Å². The minimum Gasteiger partial charge on any atom is -0.463 e. The number of aliphatic hydroxyl groups is 1. The Morgan fingerprint density at radius 2 is 1.57 bits per heavy atom. The van der Waals surface area contributed by atoms with E-state index in [-0.39, 0.29) is 18.7 Å². The van der Waals surface area contributed by atoms with Gasteiger partial charge in [-0.1, -0.05) is 5.21 Å². The summed E-state index contributed by atoms with van der Waals surface area (Å²) in [7, 11) is 0. The van der Waals surface area contributed by atoms with Gasteiger partial charge in [0.1, 0.15) is 24.2 Å². The highest BCUT2D eigenvalue weighted by molar-refractivity contribution is 5.94. The number of rotatable bonds is 13. The first-order valence-corrected chi connectivity index (χ1v) is 13.3. The molecule has 1 unspecified atom stereocenters. The minimum absolute atomic E-state index is 0.00748. The Hall–Kier alpha value is -4.48. The van der Waals surface area contributed by atoms with Gasteiger partial charge in [0.05, 0.1) is 32.0 Å². The monoisotopic (exact) mass is 624 g/mol. The fourth-order valence-corrected chi connectivity index (χ4v) is 4.18. The molecule has 1 saturated heterocycles. The van der Waals surface area contributed by atoms with Crippen molar-refractivity contribution in [1.29, 1.82) is 0 Å². The smallest absolute Gasteiger partial charge is 0.303 e. The molecule has 0 radical (unpaired) electrons. The molecule has 6 atom stereocenters. The van der Waals surface area contributed by atoms with Gasteiger partial charge in [-0.15, -0.1) is 5.10 Å². The normalized spacial score (nSPS) is 21.9. The van der Waals surface area contributed by atoms with Crippen molar-refractivity contribution in [3.63, 3.8) is 0 Å². The molecule has 0 spiro atoms. The Kier molecular flexibility index (Phi) is 12.2. The van der Waals surface area contributed by atoms with Crippen LogP contribution in [0.3, 0.4) is 0 Å². The number of carbonyl (C=O) groups is 5. The zero-order valence-electron chi connectivity index (χ0n) is 24.3. The molecular formula is C27H33FN4O12. The number of aromatic nitrogens is 3. The summed E-state index contributed by atoms with van der Waals surface area (Å²) in [6, 6.07) is 5.00. The average molecular weight is 625 g/mol. The van der Waals surface area contributed by atoms with Gasteiger partial charge in [-0.25, -0.2) is 9.07 Å². The highest BCUT2D eigenvalue weighted by atomic mass is 19.1. The maximum absolute atomic E-state index is 13.1. The van der Waals surface area contributed by atoms with Crippen LogP contribution in [0.15, 0.2) is 30.5 Å². The Bertz CT molecular complexity index is 1320. The third kappa shape index (κ3) is 10.4. The van der Waals surface area contributed by atoms with E-state index in [0.29, 0.717) is 5.69 Å². The van der Waals surface area contributed by atoms with Crippen molar-refractivity contribution in [3.05, 3.63) is 47.5 Å². The molecule has 1 aromatic carbocycles. The van der Waals surface area contributed by atoms with Crippen molar-refractivity contribution in [1.82, 2.24) is 20.3 Å². The predicted octanol–water partition coefficient (Wildman–Crippen LogP) is -0.192. The van der Waals surface area contributed by atoms with Crippen LogP contribution in [0, 0.1) is 5.82 Å². The first-order valence-electron chi connectivity index (χ1n) is 13.3. The summed E-state index contributed by atoms with van der Waals surface area (Å²) in [5.74, 6) is -3.96. The Morgan fingerprint density at radius 1 is 0.955 bits per heavy atom. The van der Waals surface area contributed by atoms with Crippen molar-refractivity contribution < 1.29 is 61.9 Å². The summed E-state index contributed by atoms with van der Waals surface area (Å²) in [6.45, 7) is 3.47. The molecule has 0 saturated carbocycles. The van der Waals surface area contributed by atoms with Crippen molar-refractivity contribution in [2.24, 2.45) is 0 Å². The number of nitrogens with one attached hydrogen (secondary N) is 1. The second kappa shape index (κ2) is 15.8. The number of nitrogens with zero attached hydrogens (tertiary/aromatic N) is 3. The zero-order valence-corrected chi connectivity index (χ0v) is 24.3. The van der Waals surface area contributed by atoms with Crippen molar-refractivity contribution in [3.8, 4) is 0 Å². The molecule has 16 nitrogen and oxygen atoms in total. The van der Waals surface area contributed by atoms with Crippen LogP contribution in [0.25, 0.3) is 0 Å². The SMILES string of the molecule is CC(=O)OC[C@H]1O[C@H](OCC(O)Cn2cc(CNC(=O)c3ccc(F)cc3)nn2)[C@H](OC(C)=O)[C@@H](OC(C)=O)[C@H]1OC(C)=O. The maximum Gasteiger partial charge on any atom is 0.303 e. The summed E-state index contributed by atoms with van der Waals surface area (Å²) in [4.78, 5) is 59.4. The molecule has 240 valence electrons. The molecule has 0 aliphatic carbocycles. The largest absolute Gasteiger partial charge is 0.463 e. The van der Waals surface area contributed by atoms with Crippen LogP contribution in [0.2, 0.25) is 0 Å². The number of ether oxygens (including phenoxy) is 6. The lowest BCUT2D eigenvalue weighted by Gasteiger charge is -2.44. The van der Waals surface area contributed by atoms with Crippen LogP contribution in [-0.2, 0) is 60.7 Å². The number of benzene rings is 1. The molecule has 1 aliphatic rings. The van der Waals surface area contributed by atoms with E-state index in [1.54, 1.807) is 0 Å². The number of aliphatic hydroxyl groups excluding tert-OH is 1. The lowest BCUT2D eigenvalue weighted by molar-refractivity contribution is -0.311. The molecule has 44 heavy (non-hydrogen) atoms. The Morgan fingerprint density at radius 3 is 2.18 bits per heavy atom. The van der Waals surface area contributed by atoms with Gasteiger partial charge >= 0.3 is 23.9 Å². The zero-order chi connectivity index (χ0) is 32.4. The van der Waals surface area contributed by atoms with Crippen molar-refractivity contribution in [2.45, 2.75) is 77.6 Å². The van der Waals surface area contributed by atoms with E-state index in [0.717, 1.165) is 39.8 Å². The standard InChI is InChI=1S/C27H33FN4O12/c1-14(33)39-13-22-23(41-15(2)34)24(42-16(3)35)25(43-17(4)36)27(44-22)40-12-21(37)11-32-10-20(30-31-32)9-29-26(38)18-5-7-19(28)8-6-18/h5-8,10,21-25,27,37H,9,11-13H2,1-4H3,(H,29,38)/t21?,22-,23+,24+,25-,27+/m1/s1. The third-order valence-corrected chi connectivity index (χ3v) is 5.92. The number of amides is 1. The third-order valence-electron chi connectivity index (χ3n) is 5.92. The molecule has 2 N–H and O–H groups in total. The van der Waals surface area contributed by atoms with Crippen LogP contribution in [0.4, 0.5) is 4.39 Å². The van der Waals surface area contributed by atoms with Crippen LogP contribution in [-0.4, -0.2) is 99.9 Å². The molecule has 3 rings (SSSR count). The molecule has 1 aromatic heterocycles. The quantitative estimate of drug-likeness (QED) is 0.219. The molecule has 17 heteroatoms. The molecule has 2 aromatic rings. The number of halogens is 1. The van der Waals surface area contributed by atoms with Crippen molar-refractivity contribution in [2.75, 3.05) is 13.2 Å².